The Morgan fingerprint density at radius 3 is 2.94 bits per heavy atom. The van der Waals surface area contributed by atoms with Crippen LogP contribution in [0, 0.1) is 0 Å². The molecule has 90 valence electrons. The number of aromatic nitrogens is 5. The minimum atomic E-state index is -0.408. The summed E-state index contributed by atoms with van der Waals surface area (Å²) in [5, 5.41) is 13.0. The molecule has 2 aromatic heterocycles. The van der Waals surface area contributed by atoms with Crippen molar-refractivity contribution in [3.8, 4) is 0 Å². The molecule has 17 heavy (non-hydrogen) atoms. The topological polar surface area (TPSA) is 115 Å². The first-order chi connectivity index (χ1) is 8.13. The third kappa shape index (κ3) is 1.96. The zero-order valence-corrected chi connectivity index (χ0v) is 9.56. The van der Waals surface area contributed by atoms with Gasteiger partial charge >= 0.3 is 0 Å². The van der Waals surface area contributed by atoms with Crippen LogP contribution in [0.3, 0.4) is 0 Å². The number of nitrogens with zero attached hydrogens (tertiary/aromatic N) is 4. The molecule has 0 fully saturated rings. The maximum absolute atomic E-state index is 11.9. The summed E-state index contributed by atoms with van der Waals surface area (Å²) in [7, 11) is 1.67. The summed E-state index contributed by atoms with van der Waals surface area (Å²) in [5.41, 5.74) is 7.07. The van der Waals surface area contributed by atoms with Gasteiger partial charge in [0.25, 0.3) is 5.91 Å². The van der Waals surface area contributed by atoms with Gasteiger partial charge in [-0.25, -0.2) is 4.68 Å². The number of H-pyrrole nitrogens is 1. The molecule has 4 N–H and O–H groups in total. The number of nitrogens with two attached hydrogens (primary N) is 1. The smallest absolute Gasteiger partial charge is 0.280 e. The highest BCUT2D eigenvalue weighted by atomic mass is 16.2. The molecule has 0 aliphatic rings. The molecule has 0 spiro atoms. The molecule has 0 unspecified atom stereocenters. The SMILES string of the molecule is CCc1[nH]nc(C(=O)Nc2ncnn2C)c1N. The maximum atomic E-state index is 11.9. The fourth-order valence-corrected chi connectivity index (χ4v) is 1.40. The van der Waals surface area contributed by atoms with Crippen molar-refractivity contribution in [2.75, 3.05) is 11.1 Å². The van der Waals surface area contributed by atoms with Crippen LogP contribution in [0.2, 0.25) is 0 Å². The highest BCUT2D eigenvalue weighted by Gasteiger charge is 2.17. The highest BCUT2D eigenvalue weighted by molar-refractivity contribution is 6.05. The lowest BCUT2D eigenvalue weighted by Crippen LogP contribution is -2.17. The molecule has 1 amide bonds. The number of hydrogen-bond acceptors (Lipinski definition) is 5. The minimum Gasteiger partial charge on any atom is -0.395 e. The molecule has 2 aromatic rings. The standard InChI is InChI=1S/C9H13N7O/c1-3-5-6(10)7(15-14-5)8(17)13-9-11-4-12-16(9)2/h4H,3,10H2,1-2H3,(H,14,15)(H,11,12,13,17). The van der Waals surface area contributed by atoms with E-state index >= 15 is 0 Å². The van der Waals surface area contributed by atoms with Crippen LogP contribution in [-0.2, 0) is 13.5 Å². The van der Waals surface area contributed by atoms with E-state index in [1.807, 2.05) is 6.92 Å². The van der Waals surface area contributed by atoms with Crippen LogP contribution in [-0.4, -0.2) is 30.9 Å². The largest absolute Gasteiger partial charge is 0.395 e. The average Bonchev–Trinajstić information content (AvgIpc) is 2.86. The predicted octanol–water partition coefficient (Wildman–Crippen LogP) is -0.0649. The Kier molecular flexibility index (Phi) is 2.77. The summed E-state index contributed by atoms with van der Waals surface area (Å²) in [4.78, 5) is 15.7. The van der Waals surface area contributed by atoms with Crippen LogP contribution in [0.4, 0.5) is 11.6 Å². The molecule has 0 aliphatic heterocycles. The van der Waals surface area contributed by atoms with Crippen molar-refractivity contribution in [2.45, 2.75) is 13.3 Å². The molecule has 0 aromatic carbocycles. The fraction of sp³-hybridized carbons (Fsp3) is 0.333. The van der Waals surface area contributed by atoms with E-state index in [9.17, 15) is 4.79 Å². The number of rotatable bonds is 3. The number of nitrogen functional groups attached to an aromatic ring is 1. The van der Waals surface area contributed by atoms with E-state index in [-0.39, 0.29) is 5.69 Å². The number of nitrogens with one attached hydrogen (secondary N) is 2. The van der Waals surface area contributed by atoms with E-state index in [0.29, 0.717) is 18.1 Å². The van der Waals surface area contributed by atoms with Crippen molar-refractivity contribution in [1.29, 1.82) is 0 Å². The second-order valence-electron chi connectivity index (χ2n) is 3.48. The van der Waals surface area contributed by atoms with Gasteiger partial charge in [-0.15, -0.1) is 0 Å². The predicted molar refractivity (Wildman–Crippen MR) is 61.3 cm³/mol. The molecule has 0 saturated carbocycles. The summed E-state index contributed by atoms with van der Waals surface area (Å²) >= 11 is 0. The molecular weight excluding hydrogens is 222 g/mol. The van der Waals surface area contributed by atoms with Crippen LogP contribution >= 0.6 is 0 Å². The molecule has 8 nitrogen and oxygen atoms in total. The minimum absolute atomic E-state index is 0.171. The third-order valence-electron chi connectivity index (χ3n) is 2.39. The Bertz CT molecular complexity index is 541. The lowest BCUT2D eigenvalue weighted by Gasteiger charge is -2.01. The fourth-order valence-electron chi connectivity index (χ4n) is 1.40. The molecule has 0 atom stereocenters. The van der Waals surface area contributed by atoms with E-state index in [1.54, 1.807) is 7.05 Å². The van der Waals surface area contributed by atoms with Crippen LogP contribution in [0.15, 0.2) is 6.33 Å². The summed E-state index contributed by atoms with van der Waals surface area (Å²) in [6, 6.07) is 0. The van der Waals surface area contributed by atoms with E-state index in [1.165, 1.54) is 11.0 Å². The van der Waals surface area contributed by atoms with Crippen molar-refractivity contribution in [3.05, 3.63) is 17.7 Å². The van der Waals surface area contributed by atoms with Crippen LogP contribution in [0.5, 0.6) is 0 Å². The zero-order valence-electron chi connectivity index (χ0n) is 9.56. The number of anilines is 2. The van der Waals surface area contributed by atoms with Gasteiger partial charge in [0.15, 0.2) is 5.69 Å². The summed E-state index contributed by atoms with van der Waals surface area (Å²) in [6.07, 6.45) is 2.04. The van der Waals surface area contributed by atoms with Gasteiger partial charge in [-0.1, -0.05) is 6.92 Å². The van der Waals surface area contributed by atoms with Crippen molar-refractivity contribution in [3.63, 3.8) is 0 Å². The quantitative estimate of drug-likeness (QED) is 0.689. The molecule has 2 rings (SSSR count). The second-order valence-corrected chi connectivity index (χ2v) is 3.48. The van der Waals surface area contributed by atoms with Gasteiger partial charge in [-0.2, -0.15) is 15.2 Å². The number of carbonyl (C=O) groups excluding carboxylic acids is 1. The maximum Gasteiger partial charge on any atom is 0.280 e. The summed E-state index contributed by atoms with van der Waals surface area (Å²) in [6.45, 7) is 1.92. The van der Waals surface area contributed by atoms with Gasteiger partial charge in [0, 0.05) is 7.05 Å². The number of carbonyl (C=O) groups is 1. The first-order valence-electron chi connectivity index (χ1n) is 5.11. The number of aryl methyl sites for hydroxylation is 2. The Labute approximate surface area is 97.2 Å². The number of aromatic amines is 1. The van der Waals surface area contributed by atoms with Crippen molar-refractivity contribution >= 4 is 17.5 Å². The molecule has 0 bridgehead atoms. The van der Waals surface area contributed by atoms with Gasteiger partial charge < -0.3 is 5.73 Å². The molecular formula is C9H13N7O. The Morgan fingerprint density at radius 2 is 2.41 bits per heavy atom. The lowest BCUT2D eigenvalue weighted by molar-refractivity contribution is 0.102. The molecule has 0 saturated heterocycles. The van der Waals surface area contributed by atoms with Crippen molar-refractivity contribution < 1.29 is 4.79 Å². The zero-order chi connectivity index (χ0) is 12.4. The van der Waals surface area contributed by atoms with Gasteiger partial charge in [0.1, 0.15) is 6.33 Å². The van der Waals surface area contributed by atoms with Gasteiger partial charge in [0.2, 0.25) is 5.95 Å². The summed E-state index contributed by atoms with van der Waals surface area (Å²) < 4.78 is 1.45. The van der Waals surface area contributed by atoms with Gasteiger partial charge in [0.05, 0.1) is 11.4 Å². The second kappa shape index (κ2) is 4.24. The third-order valence-corrected chi connectivity index (χ3v) is 2.39. The van der Waals surface area contributed by atoms with Crippen molar-refractivity contribution in [1.82, 2.24) is 25.0 Å². The van der Waals surface area contributed by atoms with E-state index in [2.05, 4.69) is 25.6 Å². The van der Waals surface area contributed by atoms with Gasteiger partial charge in [-0.05, 0) is 6.42 Å². The highest BCUT2D eigenvalue weighted by Crippen LogP contribution is 2.15. The molecule has 2 heterocycles. The first kappa shape index (κ1) is 11.1. The first-order valence-corrected chi connectivity index (χ1v) is 5.11. The molecule has 8 heteroatoms. The molecule has 0 aliphatic carbocycles. The Morgan fingerprint density at radius 1 is 1.65 bits per heavy atom. The Hall–Kier alpha value is -2.38. The van der Waals surface area contributed by atoms with E-state index in [4.69, 9.17) is 5.73 Å². The number of hydrogen-bond donors (Lipinski definition) is 3. The van der Waals surface area contributed by atoms with Crippen LogP contribution in [0.25, 0.3) is 0 Å². The normalized spacial score (nSPS) is 10.5. The average molecular weight is 235 g/mol. The lowest BCUT2D eigenvalue weighted by atomic mass is 10.2. The van der Waals surface area contributed by atoms with Crippen LogP contribution in [0.1, 0.15) is 23.1 Å². The van der Waals surface area contributed by atoms with E-state index in [0.717, 1.165) is 5.69 Å². The number of amides is 1. The van der Waals surface area contributed by atoms with E-state index < -0.39 is 5.91 Å². The van der Waals surface area contributed by atoms with Gasteiger partial charge in [-0.3, -0.25) is 15.2 Å². The monoisotopic (exact) mass is 235 g/mol. The Balaban J connectivity index is 2.20. The van der Waals surface area contributed by atoms with Crippen molar-refractivity contribution in [2.24, 2.45) is 7.05 Å². The molecule has 0 radical (unpaired) electrons. The van der Waals surface area contributed by atoms with Crippen LogP contribution < -0.4 is 11.1 Å². The summed E-state index contributed by atoms with van der Waals surface area (Å²) in [5.74, 6) is -0.0648.